The van der Waals surface area contributed by atoms with Crippen molar-refractivity contribution in [3.63, 3.8) is 0 Å². The lowest BCUT2D eigenvalue weighted by atomic mass is 10.4. The van der Waals surface area contributed by atoms with Crippen molar-refractivity contribution < 1.29 is 9.53 Å². The number of carbonyl (C=O) groups is 1. The maximum Gasteiger partial charge on any atom is 0.430 e. The summed E-state index contributed by atoms with van der Waals surface area (Å²) in [6.07, 6.45) is -0.680. The van der Waals surface area contributed by atoms with E-state index >= 15 is 0 Å². The minimum Gasteiger partial charge on any atom is -0.448 e. The third-order valence-electron chi connectivity index (χ3n) is 2.57. The van der Waals surface area contributed by atoms with Gasteiger partial charge in [0, 0.05) is 5.69 Å². The fraction of sp³-hybridized carbons (Fsp3) is 0.333. The second-order valence-corrected chi connectivity index (χ2v) is 4.16. The van der Waals surface area contributed by atoms with Crippen LogP contribution in [0.15, 0.2) is 18.2 Å². The average molecular weight is 276 g/mol. The first kappa shape index (κ1) is 13.9. The highest BCUT2D eigenvalue weighted by molar-refractivity contribution is 5.84. The summed E-state index contributed by atoms with van der Waals surface area (Å²) in [5.41, 5.74) is 1.83. The van der Waals surface area contributed by atoms with Crippen molar-refractivity contribution >= 4 is 11.9 Å². The van der Waals surface area contributed by atoms with E-state index in [2.05, 4.69) is 15.3 Å². The maximum atomic E-state index is 11.4. The van der Waals surface area contributed by atoms with Crippen LogP contribution >= 0.6 is 0 Å². The number of hydrogen-bond donors (Lipinski definition) is 1. The lowest BCUT2D eigenvalue weighted by molar-refractivity contribution is 0.159. The topological polar surface area (TPSA) is 99.2 Å². The Hall–Kier alpha value is -2.48. The van der Waals surface area contributed by atoms with Gasteiger partial charge in [-0.1, -0.05) is 0 Å². The fourth-order valence-corrected chi connectivity index (χ4v) is 1.71. The van der Waals surface area contributed by atoms with Gasteiger partial charge in [-0.25, -0.2) is 15.3 Å². The van der Waals surface area contributed by atoms with Gasteiger partial charge in [0.15, 0.2) is 11.6 Å². The van der Waals surface area contributed by atoms with Gasteiger partial charge in [-0.3, -0.25) is 0 Å². The van der Waals surface area contributed by atoms with E-state index in [1.807, 2.05) is 19.9 Å². The van der Waals surface area contributed by atoms with Gasteiger partial charge in [-0.15, -0.1) is 10.2 Å². The molecule has 0 aromatic carbocycles. The molecule has 0 aliphatic carbocycles. The van der Waals surface area contributed by atoms with E-state index in [9.17, 15) is 4.79 Å². The molecule has 2 N–H and O–H groups in total. The van der Waals surface area contributed by atoms with Crippen LogP contribution in [0, 0.1) is 13.8 Å². The van der Waals surface area contributed by atoms with Gasteiger partial charge in [0.25, 0.3) is 0 Å². The SMILES string of the molecule is CCOC(=O)N(N)c1ccc(-n2nc(C)cc2C)nn1. The number of amides is 1. The van der Waals surface area contributed by atoms with E-state index in [4.69, 9.17) is 10.6 Å². The molecule has 1 amide bonds. The minimum atomic E-state index is -0.680. The Kier molecular flexibility index (Phi) is 3.94. The number of nitrogens with zero attached hydrogens (tertiary/aromatic N) is 5. The summed E-state index contributed by atoms with van der Waals surface area (Å²) in [7, 11) is 0. The predicted octanol–water partition coefficient (Wildman–Crippen LogP) is 1.12. The van der Waals surface area contributed by atoms with Gasteiger partial charge in [-0.2, -0.15) is 10.1 Å². The van der Waals surface area contributed by atoms with Gasteiger partial charge in [0.05, 0.1) is 12.3 Å². The van der Waals surface area contributed by atoms with Crippen LogP contribution in [0.1, 0.15) is 18.3 Å². The Morgan fingerprint density at radius 1 is 1.40 bits per heavy atom. The highest BCUT2D eigenvalue weighted by Crippen LogP contribution is 2.12. The first-order chi connectivity index (χ1) is 9.52. The molecule has 0 fully saturated rings. The molecule has 0 aliphatic rings. The van der Waals surface area contributed by atoms with Gasteiger partial charge in [-0.05, 0) is 39.0 Å². The first-order valence-corrected chi connectivity index (χ1v) is 6.12. The highest BCUT2D eigenvalue weighted by atomic mass is 16.6. The third-order valence-corrected chi connectivity index (χ3v) is 2.57. The summed E-state index contributed by atoms with van der Waals surface area (Å²) >= 11 is 0. The van der Waals surface area contributed by atoms with Crippen LogP contribution in [0.4, 0.5) is 10.6 Å². The zero-order chi connectivity index (χ0) is 14.7. The summed E-state index contributed by atoms with van der Waals surface area (Å²) in [6, 6.07) is 5.19. The Labute approximate surface area is 116 Å². The summed E-state index contributed by atoms with van der Waals surface area (Å²) in [5, 5.41) is 13.0. The van der Waals surface area contributed by atoms with E-state index in [-0.39, 0.29) is 12.4 Å². The number of hydrazine groups is 1. The normalized spacial score (nSPS) is 10.4. The number of ether oxygens (including phenoxy) is 1. The van der Waals surface area contributed by atoms with E-state index in [1.54, 1.807) is 23.7 Å². The number of nitrogens with two attached hydrogens (primary N) is 1. The number of carbonyl (C=O) groups excluding carboxylic acids is 1. The monoisotopic (exact) mass is 276 g/mol. The van der Waals surface area contributed by atoms with E-state index in [0.29, 0.717) is 5.82 Å². The second-order valence-electron chi connectivity index (χ2n) is 4.16. The summed E-state index contributed by atoms with van der Waals surface area (Å²) in [5.74, 6) is 6.34. The number of aryl methyl sites for hydroxylation is 2. The quantitative estimate of drug-likeness (QED) is 0.512. The molecule has 2 aromatic rings. The van der Waals surface area contributed by atoms with Crippen molar-refractivity contribution in [2.75, 3.05) is 11.6 Å². The van der Waals surface area contributed by atoms with E-state index in [1.165, 1.54) is 0 Å². The van der Waals surface area contributed by atoms with Crippen LogP contribution in [0.2, 0.25) is 0 Å². The smallest absolute Gasteiger partial charge is 0.430 e. The number of rotatable bonds is 3. The minimum absolute atomic E-state index is 0.203. The molecule has 0 bridgehead atoms. The molecular formula is C12H16N6O2. The Bertz CT molecular complexity index is 607. The zero-order valence-electron chi connectivity index (χ0n) is 11.6. The lowest BCUT2D eigenvalue weighted by Gasteiger charge is -2.14. The zero-order valence-corrected chi connectivity index (χ0v) is 11.6. The molecule has 2 aromatic heterocycles. The van der Waals surface area contributed by atoms with Crippen molar-refractivity contribution in [3.05, 3.63) is 29.6 Å². The number of anilines is 1. The highest BCUT2D eigenvalue weighted by Gasteiger charge is 2.15. The third kappa shape index (κ3) is 2.75. The van der Waals surface area contributed by atoms with E-state index < -0.39 is 6.09 Å². The standard InChI is InChI=1S/C12H16N6O2/c1-4-20-12(19)17(13)10-5-6-11(15-14-10)18-9(3)7-8(2)16-18/h5-7H,4,13H2,1-3H3. The van der Waals surface area contributed by atoms with Crippen LogP contribution in [0.5, 0.6) is 0 Å². The Morgan fingerprint density at radius 3 is 2.65 bits per heavy atom. The fourth-order valence-electron chi connectivity index (χ4n) is 1.71. The molecule has 20 heavy (non-hydrogen) atoms. The molecule has 0 spiro atoms. The molecule has 0 atom stereocenters. The molecule has 106 valence electrons. The average Bonchev–Trinajstić information content (AvgIpc) is 2.77. The van der Waals surface area contributed by atoms with Gasteiger partial charge < -0.3 is 4.74 Å². The van der Waals surface area contributed by atoms with Gasteiger partial charge >= 0.3 is 6.09 Å². The van der Waals surface area contributed by atoms with Crippen molar-refractivity contribution in [1.82, 2.24) is 20.0 Å². The largest absolute Gasteiger partial charge is 0.448 e. The lowest BCUT2D eigenvalue weighted by Crippen LogP contribution is -2.38. The maximum absolute atomic E-state index is 11.4. The molecule has 0 saturated carbocycles. The Morgan fingerprint density at radius 2 is 2.15 bits per heavy atom. The molecule has 8 heteroatoms. The van der Waals surface area contributed by atoms with Crippen LogP contribution in [-0.2, 0) is 4.74 Å². The van der Waals surface area contributed by atoms with Crippen molar-refractivity contribution in [2.45, 2.75) is 20.8 Å². The van der Waals surface area contributed by atoms with Crippen LogP contribution in [-0.4, -0.2) is 32.7 Å². The first-order valence-electron chi connectivity index (χ1n) is 6.12. The number of hydrogen-bond acceptors (Lipinski definition) is 6. The van der Waals surface area contributed by atoms with Crippen LogP contribution in [0.3, 0.4) is 0 Å². The predicted molar refractivity (Wildman–Crippen MR) is 72.3 cm³/mol. The van der Waals surface area contributed by atoms with Gasteiger partial charge in [0.1, 0.15) is 0 Å². The van der Waals surface area contributed by atoms with Crippen LogP contribution < -0.4 is 10.9 Å². The molecular weight excluding hydrogens is 260 g/mol. The van der Waals surface area contributed by atoms with Gasteiger partial charge in [0.2, 0.25) is 0 Å². The molecule has 0 unspecified atom stereocenters. The second kappa shape index (κ2) is 5.66. The molecule has 2 heterocycles. The van der Waals surface area contributed by atoms with Crippen molar-refractivity contribution in [2.24, 2.45) is 5.84 Å². The van der Waals surface area contributed by atoms with E-state index in [0.717, 1.165) is 16.4 Å². The molecule has 2 rings (SSSR count). The summed E-state index contributed by atoms with van der Waals surface area (Å²) in [4.78, 5) is 11.4. The molecule has 0 radical (unpaired) electrons. The number of aromatic nitrogens is 4. The summed E-state index contributed by atoms with van der Waals surface area (Å²) < 4.78 is 6.44. The summed E-state index contributed by atoms with van der Waals surface area (Å²) in [6.45, 7) is 5.75. The Balaban J connectivity index is 2.22. The molecule has 0 saturated heterocycles. The van der Waals surface area contributed by atoms with Crippen molar-refractivity contribution in [3.8, 4) is 5.82 Å². The molecule has 8 nitrogen and oxygen atoms in total. The molecule has 0 aliphatic heterocycles. The van der Waals surface area contributed by atoms with Crippen molar-refractivity contribution in [1.29, 1.82) is 0 Å². The van der Waals surface area contributed by atoms with Crippen LogP contribution in [0.25, 0.3) is 5.82 Å².